The van der Waals surface area contributed by atoms with E-state index >= 15 is 0 Å². The second kappa shape index (κ2) is 3.51. The first-order valence-electron chi connectivity index (χ1n) is 4.06. The van der Waals surface area contributed by atoms with E-state index in [1.165, 1.54) is 0 Å². The van der Waals surface area contributed by atoms with Crippen molar-refractivity contribution >= 4 is 15.9 Å². The van der Waals surface area contributed by atoms with Crippen LogP contribution < -0.4 is 0 Å². The first-order valence-corrected chi connectivity index (χ1v) is 4.86. The van der Waals surface area contributed by atoms with Crippen LogP contribution in [0.5, 0.6) is 0 Å². The second-order valence-electron chi connectivity index (χ2n) is 3.90. The summed E-state index contributed by atoms with van der Waals surface area (Å²) in [4.78, 5) is 0. The van der Waals surface area contributed by atoms with Crippen LogP contribution in [0.15, 0.2) is 10.8 Å². The Labute approximate surface area is 86.5 Å². The summed E-state index contributed by atoms with van der Waals surface area (Å²) in [7, 11) is 0. The molecule has 0 aliphatic heterocycles. The molecule has 3 nitrogen and oxygen atoms in total. The molecule has 0 bridgehead atoms. The number of hydrogen-bond donors (Lipinski definition) is 0. The summed E-state index contributed by atoms with van der Waals surface area (Å²) in [6, 6.07) is 2.11. The molecule has 0 aromatic carbocycles. The summed E-state index contributed by atoms with van der Waals surface area (Å²) < 4.78 is 2.63. The van der Waals surface area contributed by atoms with E-state index in [1.54, 1.807) is 0 Å². The van der Waals surface area contributed by atoms with E-state index in [9.17, 15) is 0 Å². The largest absolute Gasteiger partial charge is 0.266 e. The Hall–Kier alpha value is -0.820. The monoisotopic (exact) mass is 241 g/mol. The average Bonchev–Trinajstić information content (AvgIpc) is 2.32. The van der Waals surface area contributed by atoms with Gasteiger partial charge in [0.2, 0.25) is 0 Å². The van der Waals surface area contributed by atoms with Gasteiger partial charge in [-0.1, -0.05) is 0 Å². The maximum Gasteiger partial charge on any atom is 0.132 e. The normalized spacial score (nSPS) is 11.3. The summed E-state index contributed by atoms with van der Waals surface area (Å²) in [5.74, 6) is 0. The quantitative estimate of drug-likeness (QED) is 0.759. The summed E-state index contributed by atoms with van der Waals surface area (Å²) >= 11 is 3.33. The van der Waals surface area contributed by atoms with E-state index in [0.29, 0.717) is 6.42 Å². The number of hydrogen-bond acceptors (Lipinski definition) is 2. The molecule has 0 N–H and O–H groups in total. The molecule has 1 heterocycles. The van der Waals surface area contributed by atoms with Crippen molar-refractivity contribution in [2.24, 2.45) is 0 Å². The minimum Gasteiger partial charge on any atom is -0.266 e. The third-order valence-electron chi connectivity index (χ3n) is 1.70. The van der Waals surface area contributed by atoms with Crippen molar-refractivity contribution in [1.82, 2.24) is 9.78 Å². The highest BCUT2D eigenvalue weighted by Crippen LogP contribution is 2.20. The first-order chi connectivity index (χ1) is 5.95. The Morgan fingerprint density at radius 2 is 2.23 bits per heavy atom. The Morgan fingerprint density at radius 3 is 2.62 bits per heavy atom. The molecule has 0 atom stereocenters. The van der Waals surface area contributed by atoms with Crippen LogP contribution in [0.1, 0.15) is 26.3 Å². The first kappa shape index (κ1) is 10.3. The van der Waals surface area contributed by atoms with Crippen molar-refractivity contribution in [3.8, 4) is 6.07 Å². The molecule has 13 heavy (non-hydrogen) atoms. The number of halogens is 1. The molecule has 1 rings (SSSR count). The van der Waals surface area contributed by atoms with Gasteiger partial charge < -0.3 is 0 Å². The molecule has 0 saturated carbocycles. The maximum absolute atomic E-state index is 8.55. The molecule has 0 aliphatic carbocycles. The van der Waals surface area contributed by atoms with E-state index in [-0.39, 0.29) is 5.54 Å². The highest BCUT2D eigenvalue weighted by molar-refractivity contribution is 9.10. The van der Waals surface area contributed by atoms with E-state index in [1.807, 2.05) is 10.9 Å². The minimum atomic E-state index is -0.0315. The zero-order chi connectivity index (χ0) is 10.1. The SMILES string of the molecule is CC(C)(C)n1cc(CC#N)c(Br)n1. The molecular weight excluding hydrogens is 230 g/mol. The van der Waals surface area contributed by atoms with E-state index < -0.39 is 0 Å². The zero-order valence-corrected chi connectivity index (χ0v) is 9.59. The number of aromatic nitrogens is 2. The van der Waals surface area contributed by atoms with Crippen molar-refractivity contribution in [1.29, 1.82) is 5.26 Å². The molecule has 1 aromatic heterocycles. The van der Waals surface area contributed by atoms with Gasteiger partial charge in [-0.3, -0.25) is 4.68 Å². The fourth-order valence-corrected chi connectivity index (χ4v) is 1.35. The molecule has 70 valence electrons. The smallest absolute Gasteiger partial charge is 0.132 e. The number of rotatable bonds is 1. The van der Waals surface area contributed by atoms with Gasteiger partial charge >= 0.3 is 0 Å². The van der Waals surface area contributed by atoms with Crippen molar-refractivity contribution < 1.29 is 0 Å². The molecular formula is C9H12BrN3. The molecule has 0 unspecified atom stereocenters. The predicted octanol–water partition coefficient (Wildman–Crippen LogP) is 2.47. The molecule has 1 aromatic rings. The van der Waals surface area contributed by atoms with Crippen LogP contribution in [0.4, 0.5) is 0 Å². The van der Waals surface area contributed by atoms with Crippen LogP contribution in [0, 0.1) is 11.3 Å². The van der Waals surface area contributed by atoms with Gasteiger partial charge in [0.1, 0.15) is 4.60 Å². The van der Waals surface area contributed by atoms with Gasteiger partial charge in [0, 0.05) is 11.8 Å². The van der Waals surface area contributed by atoms with Gasteiger partial charge in [-0.2, -0.15) is 10.4 Å². The molecule has 0 spiro atoms. The molecule has 0 radical (unpaired) electrons. The highest BCUT2D eigenvalue weighted by atomic mass is 79.9. The van der Waals surface area contributed by atoms with Gasteiger partial charge in [-0.25, -0.2) is 0 Å². The average molecular weight is 242 g/mol. The lowest BCUT2D eigenvalue weighted by molar-refractivity contribution is 0.354. The van der Waals surface area contributed by atoms with Crippen LogP contribution in [0.3, 0.4) is 0 Å². The van der Waals surface area contributed by atoms with E-state index in [4.69, 9.17) is 5.26 Å². The number of nitriles is 1. The van der Waals surface area contributed by atoms with Gasteiger partial charge in [0.25, 0.3) is 0 Å². The van der Waals surface area contributed by atoms with Crippen LogP contribution in [0.25, 0.3) is 0 Å². The Kier molecular flexibility index (Phi) is 2.77. The van der Waals surface area contributed by atoms with Crippen LogP contribution >= 0.6 is 15.9 Å². The summed E-state index contributed by atoms with van der Waals surface area (Å²) in [6.07, 6.45) is 2.31. The molecule has 0 fully saturated rings. The van der Waals surface area contributed by atoms with Gasteiger partial charge in [-0.15, -0.1) is 0 Å². The lowest BCUT2D eigenvalue weighted by Crippen LogP contribution is -2.22. The van der Waals surface area contributed by atoms with Crippen molar-refractivity contribution in [3.05, 3.63) is 16.4 Å². The summed E-state index contributed by atoms with van der Waals surface area (Å²) in [5.41, 5.74) is 0.911. The molecule has 0 amide bonds. The number of nitrogens with zero attached hydrogens (tertiary/aromatic N) is 3. The third-order valence-corrected chi connectivity index (χ3v) is 2.36. The minimum absolute atomic E-state index is 0.0315. The Balaban J connectivity index is 3.04. The molecule has 0 aliphatic rings. The van der Waals surface area contributed by atoms with Crippen molar-refractivity contribution in [2.45, 2.75) is 32.7 Å². The fraction of sp³-hybridized carbons (Fsp3) is 0.556. The van der Waals surface area contributed by atoms with E-state index in [0.717, 1.165) is 10.2 Å². The molecule has 4 heteroatoms. The lowest BCUT2D eigenvalue weighted by atomic mass is 10.1. The Bertz CT molecular complexity index is 341. The lowest BCUT2D eigenvalue weighted by Gasteiger charge is -2.18. The summed E-state index contributed by atoms with van der Waals surface area (Å²) in [5, 5.41) is 12.8. The van der Waals surface area contributed by atoms with E-state index in [2.05, 4.69) is 47.9 Å². The topological polar surface area (TPSA) is 41.6 Å². The highest BCUT2D eigenvalue weighted by Gasteiger charge is 2.16. The Morgan fingerprint density at radius 1 is 1.62 bits per heavy atom. The second-order valence-corrected chi connectivity index (χ2v) is 4.65. The van der Waals surface area contributed by atoms with Gasteiger partial charge in [0.15, 0.2) is 0 Å². The van der Waals surface area contributed by atoms with Gasteiger partial charge in [0.05, 0.1) is 18.0 Å². The zero-order valence-electron chi connectivity index (χ0n) is 8.00. The fourth-order valence-electron chi connectivity index (χ4n) is 0.936. The summed E-state index contributed by atoms with van der Waals surface area (Å²) in [6.45, 7) is 6.22. The van der Waals surface area contributed by atoms with Crippen molar-refractivity contribution in [3.63, 3.8) is 0 Å². The third kappa shape index (κ3) is 2.31. The maximum atomic E-state index is 8.55. The standard InChI is InChI=1S/C9H12BrN3/c1-9(2,3)13-6-7(4-5-11)8(10)12-13/h6H,4H2,1-3H3. The van der Waals surface area contributed by atoms with Crippen LogP contribution in [-0.2, 0) is 12.0 Å². The van der Waals surface area contributed by atoms with Gasteiger partial charge in [-0.05, 0) is 36.7 Å². The van der Waals surface area contributed by atoms with Crippen molar-refractivity contribution in [2.75, 3.05) is 0 Å². The molecule has 0 saturated heterocycles. The van der Waals surface area contributed by atoms with Crippen LogP contribution in [-0.4, -0.2) is 9.78 Å². The predicted molar refractivity (Wildman–Crippen MR) is 54.2 cm³/mol. The van der Waals surface area contributed by atoms with Crippen LogP contribution in [0.2, 0.25) is 0 Å².